The predicted octanol–water partition coefficient (Wildman–Crippen LogP) is 1.07. The topological polar surface area (TPSA) is 63.1 Å². The van der Waals surface area contributed by atoms with Crippen LogP contribution in [0.3, 0.4) is 0 Å². The van der Waals surface area contributed by atoms with Gasteiger partial charge in [-0.05, 0) is 18.5 Å². The molecule has 1 aromatic rings. The van der Waals surface area contributed by atoms with Crippen molar-refractivity contribution < 1.29 is 0 Å². The Hall–Kier alpha value is -1.20. The van der Waals surface area contributed by atoms with Crippen LogP contribution in [0.25, 0.3) is 0 Å². The van der Waals surface area contributed by atoms with Gasteiger partial charge in [0.2, 0.25) is 5.95 Å². The Morgan fingerprint density at radius 2 is 1.66 bits per heavy atom. The summed E-state index contributed by atoms with van der Waals surface area (Å²) in [4.78, 5) is 22.9. The monoisotopic (exact) mass is 516 g/mol. The lowest BCUT2D eigenvalue weighted by molar-refractivity contribution is 0.124. The average Bonchev–Trinajstić information content (AvgIpc) is 2.76. The van der Waals surface area contributed by atoms with Crippen LogP contribution < -0.4 is 10.2 Å². The van der Waals surface area contributed by atoms with Crippen LogP contribution in [0.1, 0.15) is 13.8 Å². The van der Waals surface area contributed by atoms with Gasteiger partial charge >= 0.3 is 0 Å². The highest BCUT2D eigenvalue weighted by molar-refractivity contribution is 14.0. The van der Waals surface area contributed by atoms with E-state index in [2.05, 4.69) is 53.7 Å². The predicted molar refractivity (Wildman–Crippen MR) is 130 cm³/mol. The van der Waals surface area contributed by atoms with Gasteiger partial charge in [-0.25, -0.2) is 9.97 Å². The molecule has 0 aromatic carbocycles. The molecule has 0 amide bonds. The lowest BCUT2D eigenvalue weighted by atomic mass is 10.1. The van der Waals surface area contributed by atoms with Gasteiger partial charge in [-0.15, -0.1) is 24.0 Å². The van der Waals surface area contributed by atoms with Gasteiger partial charge < -0.3 is 24.9 Å². The summed E-state index contributed by atoms with van der Waals surface area (Å²) in [5, 5.41) is 3.59. The highest BCUT2D eigenvalue weighted by Gasteiger charge is 2.22. The van der Waals surface area contributed by atoms with E-state index in [-0.39, 0.29) is 24.0 Å². The van der Waals surface area contributed by atoms with Crippen LogP contribution in [0, 0.1) is 5.92 Å². The number of guanidine groups is 1. The van der Waals surface area contributed by atoms with Gasteiger partial charge in [-0.3, -0.25) is 4.99 Å². The molecule has 0 saturated carbocycles. The Balaban J connectivity index is 0.00000300. The summed E-state index contributed by atoms with van der Waals surface area (Å²) < 4.78 is 0. The Bertz CT molecular complexity index is 598. The quantitative estimate of drug-likeness (QED) is 0.345. The molecule has 0 radical (unpaired) electrons. The van der Waals surface area contributed by atoms with E-state index in [9.17, 15) is 0 Å². The van der Waals surface area contributed by atoms with Crippen LogP contribution in [0.15, 0.2) is 23.5 Å². The Morgan fingerprint density at radius 1 is 1.03 bits per heavy atom. The molecule has 1 atom stereocenters. The second kappa shape index (κ2) is 12.5. The summed E-state index contributed by atoms with van der Waals surface area (Å²) in [6, 6.07) is 1.86. The molecule has 2 aliphatic heterocycles. The number of aromatic nitrogens is 2. The first-order valence-corrected chi connectivity index (χ1v) is 10.6. The van der Waals surface area contributed by atoms with Crippen molar-refractivity contribution in [1.29, 1.82) is 0 Å². The van der Waals surface area contributed by atoms with Gasteiger partial charge in [0.05, 0.1) is 0 Å². The maximum atomic E-state index is 4.51. The molecule has 2 saturated heterocycles. The molecule has 1 aromatic heterocycles. The highest BCUT2D eigenvalue weighted by atomic mass is 127. The fraction of sp³-hybridized carbons (Fsp3) is 0.750. The average molecular weight is 516 g/mol. The number of rotatable bonds is 6. The van der Waals surface area contributed by atoms with Gasteiger partial charge in [0.1, 0.15) is 0 Å². The molecule has 1 unspecified atom stereocenters. The van der Waals surface area contributed by atoms with E-state index in [1.807, 2.05) is 13.1 Å². The van der Waals surface area contributed by atoms with E-state index in [0.29, 0.717) is 5.92 Å². The number of nitrogens with zero attached hydrogens (tertiary/aromatic N) is 7. The molecule has 0 spiro atoms. The van der Waals surface area contributed by atoms with Crippen molar-refractivity contribution in [2.45, 2.75) is 13.8 Å². The molecule has 29 heavy (non-hydrogen) atoms. The van der Waals surface area contributed by atoms with E-state index >= 15 is 0 Å². The highest BCUT2D eigenvalue weighted by Crippen LogP contribution is 2.10. The first-order chi connectivity index (χ1) is 13.7. The van der Waals surface area contributed by atoms with Crippen molar-refractivity contribution in [3.63, 3.8) is 0 Å². The molecule has 8 nitrogen and oxygen atoms in total. The van der Waals surface area contributed by atoms with Crippen LogP contribution in [0.2, 0.25) is 0 Å². The number of hydrogen-bond donors (Lipinski definition) is 1. The third-order valence-corrected chi connectivity index (χ3v) is 5.72. The zero-order valence-corrected chi connectivity index (χ0v) is 20.5. The molecule has 9 heteroatoms. The molecule has 2 aliphatic rings. The number of nitrogens with one attached hydrogen (secondary N) is 1. The minimum absolute atomic E-state index is 0. The summed E-state index contributed by atoms with van der Waals surface area (Å²) in [5.74, 6) is 2.43. The third kappa shape index (κ3) is 7.21. The van der Waals surface area contributed by atoms with Crippen molar-refractivity contribution in [1.82, 2.24) is 30.0 Å². The first kappa shape index (κ1) is 24.1. The number of likely N-dealkylation sites (N-methyl/N-ethyl adjacent to an activating group) is 1. The fourth-order valence-corrected chi connectivity index (χ4v) is 3.96. The van der Waals surface area contributed by atoms with E-state index in [1.54, 1.807) is 12.4 Å². The molecule has 3 rings (SSSR count). The Morgan fingerprint density at radius 3 is 2.24 bits per heavy atom. The molecular formula is C20H37IN8. The summed E-state index contributed by atoms with van der Waals surface area (Å²) in [5.41, 5.74) is 0. The number of aliphatic imine (C=N–C) groups is 1. The van der Waals surface area contributed by atoms with Crippen molar-refractivity contribution >= 4 is 35.9 Å². The maximum absolute atomic E-state index is 4.51. The molecule has 0 bridgehead atoms. The number of piperazine rings is 2. The summed E-state index contributed by atoms with van der Waals surface area (Å²) in [6.07, 6.45) is 3.61. The van der Waals surface area contributed by atoms with Crippen LogP contribution in [-0.2, 0) is 0 Å². The van der Waals surface area contributed by atoms with Crippen LogP contribution in [0.5, 0.6) is 0 Å². The first-order valence-electron chi connectivity index (χ1n) is 10.6. The van der Waals surface area contributed by atoms with Crippen LogP contribution in [-0.4, -0.2) is 110 Å². The minimum Gasteiger partial charge on any atom is -0.356 e. The van der Waals surface area contributed by atoms with Crippen molar-refractivity contribution in [3.8, 4) is 0 Å². The van der Waals surface area contributed by atoms with Crippen LogP contribution in [0.4, 0.5) is 5.95 Å². The van der Waals surface area contributed by atoms with Gasteiger partial charge in [-0.2, -0.15) is 0 Å². The van der Waals surface area contributed by atoms with Gasteiger partial charge in [0, 0.05) is 84.9 Å². The van der Waals surface area contributed by atoms with Gasteiger partial charge in [0.25, 0.3) is 0 Å². The van der Waals surface area contributed by atoms with Crippen molar-refractivity contribution in [3.05, 3.63) is 18.5 Å². The molecule has 164 valence electrons. The van der Waals surface area contributed by atoms with Crippen molar-refractivity contribution in [2.24, 2.45) is 10.9 Å². The summed E-state index contributed by atoms with van der Waals surface area (Å²) in [6.45, 7) is 16.4. The SMILES string of the molecule is CCN1CCN(CC(C)CNC(=NC)N2CCN(c3ncccn3)CC2)CC1.I. The summed E-state index contributed by atoms with van der Waals surface area (Å²) >= 11 is 0. The smallest absolute Gasteiger partial charge is 0.225 e. The zero-order valence-electron chi connectivity index (χ0n) is 18.1. The van der Waals surface area contributed by atoms with Crippen molar-refractivity contribution in [2.75, 3.05) is 83.9 Å². The molecule has 2 fully saturated rings. The van der Waals surface area contributed by atoms with E-state index < -0.39 is 0 Å². The third-order valence-electron chi connectivity index (χ3n) is 5.72. The second-order valence-corrected chi connectivity index (χ2v) is 7.79. The fourth-order valence-electron chi connectivity index (χ4n) is 3.96. The Labute approximate surface area is 192 Å². The maximum Gasteiger partial charge on any atom is 0.225 e. The largest absolute Gasteiger partial charge is 0.356 e. The molecular weight excluding hydrogens is 479 g/mol. The zero-order chi connectivity index (χ0) is 19.8. The lowest BCUT2D eigenvalue weighted by Gasteiger charge is -2.37. The number of anilines is 1. The second-order valence-electron chi connectivity index (χ2n) is 7.79. The van der Waals surface area contributed by atoms with E-state index in [1.165, 1.54) is 32.7 Å². The van der Waals surface area contributed by atoms with Gasteiger partial charge in [-0.1, -0.05) is 13.8 Å². The van der Waals surface area contributed by atoms with Crippen LogP contribution >= 0.6 is 24.0 Å². The Kier molecular flexibility index (Phi) is 10.4. The normalized spacial score (nSPS) is 20.3. The number of halogens is 1. The molecule has 3 heterocycles. The lowest BCUT2D eigenvalue weighted by Crippen LogP contribution is -2.54. The number of hydrogen-bond acceptors (Lipinski definition) is 6. The van der Waals surface area contributed by atoms with E-state index in [0.717, 1.165) is 51.2 Å². The van der Waals surface area contributed by atoms with E-state index in [4.69, 9.17) is 0 Å². The minimum atomic E-state index is 0. The van der Waals surface area contributed by atoms with Gasteiger partial charge in [0.15, 0.2) is 5.96 Å². The molecule has 0 aliphatic carbocycles. The molecule has 1 N–H and O–H groups in total. The standard InChI is InChI=1S/C20H36N8.HI/c1-4-25-8-10-26(11-9-25)17-18(2)16-24-19(21-3)27-12-14-28(15-13-27)20-22-6-5-7-23-20;/h5-7,18H,4,8-17H2,1-3H3,(H,21,24);1H. The summed E-state index contributed by atoms with van der Waals surface area (Å²) in [7, 11) is 1.88.